The molecule has 1 amide bonds. The highest BCUT2D eigenvalue weighted by molar-refractivity contribution is 6.31. The molecule has 0 aliphatic carbocycles. The number of nitrogens with zero attached hydrogens (tertiary/aromatic N) is 2. The number of amides is 1. The van der Waals surface area contributed by atoms with E-state index >= 15 is 0 Å². The first kappa shape index (κ1) is 14.0. The van der Waals surface area contributed by atoms with Crippen molar-refractivity contribution in [3.63, 3.8) is 0 Å². The number of pyridine rings is 1. The Bertz CT molecular complexity index is 659. The fraction of sp³-hybridized carbons (Fsp3) is 0. The van der Waals surface area contributed by atoms with Crippen LogP contribution >= 0.6 is 11.6 Å². The van der Waals surface area contributed by atoms with Crippen molar-refractivity contribution in [1.82, 2.24) is 9.99 Å². The summed E-state index contributed by atoms with van der Waals surface area (Å²) in [5.74, 6) is 4.81. The van der Waals surface area contributed by atoms with Crippen molar-refractivity contribution in [2.45, 2.75) is 0 Å². The van der Waals surface area contributed by atoms with Gasteiger partial charge in [-0.05, 0) is 30.3 Å². The van der Waals surface area contributed by atoms with Gasteiger partial charge in [0.25, 0.3) is 5.91 Å². The number of nitrogens with one attached hydrogen (secondary N) is 1. The van der Waals surface area contributed by atoms with Gasteiger partial charge >= 0.3 is 0 Å². The van der Waals surface area contributed by atoms with Crippen LogP contribution in [0.3, 0.4) is 0 Å². The lowest BCUT2D eigenvalue weighted by atomic mass is 10.1. The van der Waals surface area contributed by atoms with E-state index in [1.807, 2.05) is 0 Å². The van der Waals surface area contributed by atoms with E-state index in [0.717, 1.165) is 0 Å². The van der Waals surface area contributed by atoms with Crippen LogP contribution in [-0.4, -0.2) is 21.7 Å². The molecule has 6 nitrogen and oxygen atoms in total. The Morgan fingerprint density at radius 3 is 2.70 bits per heavy atom. The molecule has 2 aromatic rings. The number of hydrogen-bond donors (Lipinski definition) is 3. The smallest absolute Gasteiger partial charge is 0.276 e. The molecule has 1 aromatic carbocycles. The molecule has 1 aromatic heterocycles. The molecular weight excluding hydrogens is 278 g/mol. The molecule has 0 fully saturated rings. The maximum Gasteiger partial charge on any atom is 0.276 e. The summed E-state index contributed by atoms with van der Waals surface area (Å²) in [7, 11) is 0. The summed E-state index contributed by atoms with van der Waals surface area (Å²) in [5.41, 5.74) is 6.38. The Labute approximate surface area is 120 Å². The Balaban J connectivity index is 2.29. The molecule has 0 unspecified atom stereocenters. The molecule has 0 aliphatic rings. The van der Waals surface area contributed by atoms with Gasteiger partial charge in [-0.25, -0.2) is 10.9 Å². The Morgan fingerprint density at radius 2 is 2.05 bits per heavy atom. The predicted molar refractivity (Wildman–Crippen MR) is 77.3 cm³/mol. The SMILES string of the molecule is N=C(c1ccccn1)N(N)C(=O)c1cc(Cl)ccc1N. The van der Waals surface area contributed by atoms with Crippen molar-refractivity contribution in [3.8, 4) is 0 Å². The molecule has 20 heavy (non-hydrogen) atoms. The second-order valence-corrected chi connectivity index (χ2v) is 4.41. The molecule has 0 saturated carbocycles. The van der Waals surface area contributed by atoms with Gasteiger partial charge in [-0.15, -0.1) is 0 Å². The van der Waals surface area contributed by atoms with Crippen LogP contribution in [0.2, 0.25) is 5.02 Å². The number of halogens is 1. The highest BCUT2D eigenvalue weighted by Gasteiger charge is 2.21. The molecule has 2 rings (SSSR count). The number of hydrazine groups is 1. The van der Waals surface area contributed by atoms with Gasteiger partial charge in [-0.2, -0.15) is 0 Å². The number of rotatable bonds is 2. The molecular formula is C13H12ClN5O. The van der Waals surface area contributed by atoms with Crippen molar-refractivity contribution in [2.75, 3.05) is 5.73 Å². The third-order valence-electron chi connectivity index (χ3n) is 2.61. The van der Waals surface area contributed by atoms with Gasteiger partial charge in [0.05, 0.1) is 5.56 Å². The average molecular weight is 290 g/mol. The van der Waals surface area contributed by atoms with Crippen molar-refractivity contribution < 1.29 is 4.79 Å². The van der Waals surface area contributed by atoms with E-state index in [1.54, 1.807) is 24.3 Å². The summed E-state index contributed by atoms with van der Waals surface area (Å²) in [6, 6.07) is 9.46. The topological polar surface area (TPSA) is 109 Å². The summed E-state index contributed by atoms with van der Waals surface area (Å²) in [6.45, 7) is 0. The Morgan fingerprint density at radius 1 is 1.30 bits per heavy atom. The second kappa shape index (κ2) is 5.68. The zero-order chi connectivity index (χ0) is 14.7. The fourth-order valence-electron chi connectivity index (χ4n) is 1.57. The molecule has 0 bridgehead atoms. The maximum atomic E-state index is 12.2. The van der Waals surface area contributed by atoms with Crippen LogP contribution in [0.5, 0.6) is 0 Å². The monoisotopic (exact) mass is 289 g/mol. The molecule has 0 radical (unpaired) electrons. The van der Waals surface area contributed by atoms with E-state index < -0.39 is 5.91 Å². The zero-order valence-electron chi connectivity index (χ0n) is 10.4. The van der Waals surface area contributed by atoms with Crippen molar-refractivity contribution in [2.24, 2.45) is 5.84 Å². The number of nitrogen functional groups attached to an aromatic ring is 1. The molecule has 1 heterocycles. The highest BCUT2D eigenvalue weighted by Crippen LogP contribution is 2.19. The number of anilines is 1. The molecule has 0 aliphatic heterocycles. The van der Waals surface area contributed by atoms with Crippen molar-refractivity contribution in [1.29, 1.82) is 5.41 Å². The van der Waals surface area contributed by atoms with Crippen molar-refractivity contribution >= 4 is 29.0 Å². The van der Waals surface area contributed by atoms with Crippen LogP contribution in [-0.2, 0) is 0 Å². The molecule has 102 valence electrons. The minimum absolute atomic E-state index is 0.140. The van der Waals surface area contributed by atoms with Gasteiger partial charge in [-0.1, -0.05) is 17.7 Å². The third-order valence-corrected chi connectivity index (χ3v) is 2.85. The average Bonchev–Trinajstić information content (AvgIpc) is 2.48. The van der Waals surface area contributed by atoms with Crippen LogP contribution in [0.1, 0.15) is 16.1 Å². The number of amidine groups is 1. The van der Waals surface area contributed by atoms with Crippen LogP contribution in [0.4, 0.5) is 5.69 Å². The molecule has 0 atom stereocenters. The third kappa shape index (κ3) is 2.76. The summed E-state index contributed by atoms with van der Waals surface area (Å²) >= 11 is 5.83. The van der Waals surface area contributed by atoms with Crippen LogP contribution < -0.4 is 11.6 Å². The van der Waals surface area contributed by atoms with E-state index in [1.165, 1.54) is 18.3 Å². The van der Waals surface area contributed by atoms with Gasteiger partial charge in [0.2, 0.25) is 0 Å². The van der Waals surface area contributed by atoms with Crippen LogP contribution in [0, 0.1) is 5.41 Å². The first-order valence-corrected chi connectivity index (χ1v) is 6.02. The van der Waals surface area contributed by atoms with Crippen LogP contribution in [0.25, 0.3) is 0 Å². The Kier molecular flexibility index (Phi) is 3.97. The van der Waals surface area contributed by atoms with Crippen LogP contribution in [0.15, 0.2) is 42.6 Å². The summed E-state index contributed by atoms with van der Waals surface area (Å²) in [6.07, 6.45) is 1.51. The minimum atomic E-state index is -0.624. The number of benzene rings is 1. The van der Waals surface area contributed by atoms with E-state index in [2.05, 4.69) is 4.98 Å². The van der Waals surface area contributed by atoms with E-state index in [4.69, 9.17) is 28.6 Å². The second-order valence-electron chi connectivity index (χ2n) is 3.97. The first-order chi connectivity index (χ1) is 9.50. The van der Waals surface area contributed by atoms with E-state index in [0.29, 0.717) is 10.0 Å². The van der Waals surface area contributed by atoms with E-state index in [9.17, 15) is 4.79 Å². The summed E-state index contributed by atoms with van der Waals surface area (Å²) < 4.78 is 0. The molecule has 5 N–H and O–H groups in total. The number of nitrogens with two attached hydrogens (primary N) is 2. The normalized spacial score (nSPS) is 10.1. The number of hydrogen-bond acceptors (Lipinski definition) is 5. The Hall–Kier alpha value is -2.44. The first-order valence-electron chi connectivity index (χ1n) is 5.65. The number of carbonyl (C=O) groups excluding carboxylic acids is 1. The van der Waals surface area contributed by atoms with Gasteiger partial charge in [0.15, 0.2) is 5.84 Å². The quantitative estimate of drug-likeness (QED) is 0.195. The van der Waals surface area contributed by atoms with Gasteiger partial charge < -0.3 is 5.73 Å². The fourth-order valence-corrected chi connectivity index (χ4v) is 1.74. The summed E-state index contributed by atoms with van der Waals surface area (Å²) in [4.78, 5) is 16.2. The summed E-state index contributed by atoms with van der Waals surface area (Å²) in [5, 5.41) is 8.93. The predicted octanol–water partition coefficient (Wildman–Crippen LogP) is 1.66. The minimum Gasteiger partial charge on any atom is -0.398 e. The number of carbonyl (C=O) groups is 1. The van der Waals surface area contributed by atoms with Gasteiger partial charge in [0.1, 0.15) is 5.69 Å². The molecule has 7 heteroatoms. The van der Waals surface area contributed by atoms with Gasteiger partial charge in [0, 0.05) is 16.9 Å². The molecule has 0 spiro atoms. The van der Waals surface area contributed by atoms with Gasteiger partial charge in [-0.3, -0.25) is 15.2 Å². The largest absolute Gasteiger partial charge is 0.398 e. The standard InChI is InChI=1S/C13H12ClN5O/c14-8-4-5-10(15)9(7-8)13(20)19(17)12(16)11-3-1-2-6-18-11/h1-7,16H,15,17H2. The highest BCUT2D eigenvalue weighted by atomic mass is 35.5. The lowest BCUT2D eigenvalue weighted by Gasteiger charge is -2.17. The van der Waals surface area contributed by atoms with Crippen molar-refractivity contribution in [3.05, 3.63) is 58.9 Å². The maximum absolute atomic E-state index is 12.2. The van der Waals surface area contributed by atoms with E-state index in [-0.39, 0.29) is 22.8 Å². The number of aromatic nitrogens is 1. The zero-order valence-corrected chi connectivity index (χ0v) is 11.1. The molecule has 0 saturated heterocycles. The lowest BCUT2D eigenvalue weighted by molar-refractivity contribution is 0.0847. The lowest BCUT2D eigenvalue weighted by Crippen LogP contribution is -2.43.